The Morgan fingerprint density at radius 3 is 2.21 bits per heavy atom. The number of carbonyl (C=O) groups excluding carboxylic acids is 2. The Balaban J connectivity index is 1.45. The molecule has 7 nitrogen and oxygen atoms in total. The largest absolute Gasteiger partial charge is 0.457 e. The maximum atomic E-state index is 13.6. The number of sulfone groups is 1. The molecule has 0 bridgehead atoms. The van der Waals surface area contributed by atoms with Crippen LogP contribution in [0.25, 0.3) is 0 Å². The number of alkyl halides is 3. The Morgan fingerprint density at radius 1 is 1.03 bits per heavy atom. The molecule has 1 aliphatic heterocycles. The van der Waals surface area contributed by atoms with E-state index in [1.54, 1.807) is 4.90 Å². The third-order valence-electron chi connectivity index (χ3n) is 7.55. The van der Waals surface area contributed by atoms with Crippen molar-refractivity contribution in [2.45, 2.75) is 56.7 Å². The highest BCUT2D eigenvalue weighted by atomic mass is 32.2. The van der Waals surface area contributed by atoms with Gasteiger partial charge >= 0.3 is 6.18 Å². The molecule has 2 fully saturated rings. The summed E-state index contributed by atoms with van der Waals surface area (Å²) in [7, 11) is -3.51. The van der Waals surface area contributed by atoms with Gasteiger partial charge in [0, 0.05) is 24.9 Å². The van der Waals surface area contributed by atoms with Gasteiger partial charge in [-0.25, -0.2) is 8.42 Å². The van der Waals surface area contributed by atoms with Crippen molar-refractivity contribution in [3.05, 3.63) is 59.2 Å². The Hall–Kier alpha value is -2.92. The number of ether oxygens (including phenoxy) is 1. The SMILES string of the molecule is CS(=O)(=O)CC(=O)c1ccc(Oc2cc(CC(=O)N3CCC(O)(C4CCCC4)CC3)cc(C(F)(F)F)c2)cc1. The van der Waals surface area contributed by atoms with Crippen LogP contribution in [0.2, 0.25) is 0 Å². The first kappa shape index (κ1) is 29.1. The molecule has 2 aromatic rings. The topological polar surface area (TPSA) is 101 Å². The summed E-state index contributed by atoms with van der Waals surface area (Å²) in [5, 5.41) is 11.0. The summed E-state index contributed by atoms with van der Waals surface area (Å²) < 4.78 is 69.2. The van der Waals surface area contributed by atoms with Crippen LogP contribution < -0.4 is 4.74 Å². The first-order valence-corrected chi connectivity index (χ1v) is 15.0. The molecule has 4 rings (SSSR count). The second kappa shape index (κ2) is 11.3. The monoisotopic (exact) mass is 567 g/mol. The average molecular weight is 568 g/mol. The predicted octanol–water partition coefficient (Wildman–Crippen LogP) is 4.81. The van der Waals surface area contributed by atoms with Gasteiger partial charge in [-0.05, 0) is 79.6 Å². The highest BCUT2D eigenvalue weighted by molar-refractivity contribution is 7.91. The second-order valence-corrected chi connectivity index (χ2v) is 12.8. The normalized spacial score (nSPS) is 18.2. The number of piperidine rings is 1. The molecule has 1 saturated carbocycles. The van der Waals surface area contributed by atoms with Gasteiger partial charge in [0.05, 0.1) is 17.6 Å². The molecular formula is C28H32F3NO6S. The molecule has 11 heteroatoms. The number of hydrogen-bond donors (Lipinski definition) is 1. The minimum absolute atomic E-state index is 0.128. The van der Waals surface area contributed by atoms with Gasteiger partial charge < -0.3 is 14.7 Å². The van der Waals surface area contributed by atoms with E-state index in [1.165, 1.54) is 30.3 Å². The summed E-state index contributed by atoms with van der Waals surface area (Å²) in [5.41, 5.74) is -1.47. The van der Waals surface area contributed by atoms with E-state index in [4.69, 9.17) is 4.74 Å². The van der Waals surface area contributed by atoms with E-state index in [-0.39, 0.29) is 40.9 Å². The van der Waals surface area contributed by atoms with Gasteiger partial charge in [0.2, 0.25) is 5.91 Å². The van der Waals surface area contributed by atoms with Gasteiger partial charge in [-0.2, -0.15) is 13.2 Å². The van der Waals surface area contributed by atoms with E-state index in [1.807, 2.05) is 0 Å². The first-order valence-electron chi connectivity index (χ1n) is 12.9. The van der Waals surface area contributed by atoms with Crippen molar-refractivity contribution in [1.29, 1.82) is 0 Å². The van der Waals surface area contributed by atoms with Crippen LogP contribution >= 0.6 is 0 Å². The molecule has 1 heterocycles. The fourth-order valence-electron chi connectivity index (χ4n) is 5.45. The number of carbonyl (C=O) groups is 2. The second-order valence-electron chi connectivity index (χ2n) is 10.6. The molecule has 0 spiro atoms. The average Bonchev–Trinajstić information content (AvgIpc) is 3.39. The first-order chi connectivity index (χ1) is 18.2. The molecule has 2 aromatic carbocycles. The van der Waals surface area contributed by atoms with E-state index in [9.17, 15) is 36.3 Å². The lowest BCUT2D eigenvalue weighted by Gasteiger charge is -2.42. The zero-order chi connectivity index (χ0) is 28.4. The van der Waals surface area contributed by atoms with Crippen LogP contribution in [0.3, 0.4) is 0 Å². The summed E-state index contributed by atoms with van der Waals surface area (Å²) >= 11 is 0. The number of likely N-dealkylation sites (tertiary alicyclic amines) is 1. The van der Waals surface area contributed by atoms with Crippen molar-refractivity contribution in [3.63, 3.8) is 0 Å². The number of Topliss-reactive ketones (excluding diaryl/α,β-unsaturated/α-hetero) is 1. The van der Waals surface area contributed by atoms with Gasteiger partial charge in [0.1, 0.15) is 17.3 Å². The molecule has 1 amide bonds. The van der Waals surface area contributed by atoms with E-state index in [0.29, 0.717) is 25.9 Å². The minimum Gasteiger partial charge on any atom is -0.457 e. The molecule has 1 saturated heterocycles. The molecule has 0 atom stereocenters. The van der Waals surface area contributed by atoms with Crippen molar-refractivity contribution in [1.82, 2.24) is 4.90 Å². The standard InChI is InChI=1S/C28H32F3NO6S/c1-39(36,37)18-25(33)20-6-8-23(9-7-20)38-24-15-19(14-22(17-24)28(29,30)31)16-26(34)32-12-10-27(35,11-13-32)21-4-2-3-5-21/h6-9,14-15,17,21,35H,2-5,10-13,16,18H2,1H3. The number of hydrogen-bond acceptors (Lipinski definition) is 6. The van der Waals surface area contributed by atoms with Gasteiger partial charge in [-0.15, -0.1) is 0 Å². The summed E-state index contributed by atoms with van der Waals surface area (Å²) in [6.07, 6.45) is 1.12. The molecule has 0 unspecified atom stereocenters. The number of aliphatic hydroxyl groups is 1. The Bertz CT molecular complexity index is 1310. The molecule has 212 valence electrons. The number of halogens is 3. The maximum Gasteiger partial charge on any atom is 0.416 e. The quantitative estimate of drug-likeness (QED) is 0.460. The molecule has 0 aromatic heterocycles. The third kappa shape index (κ3) is 7.60. The van der Waals surface area contributed by atoms with Crippen LogP contribution in [0.5, 0.6) is 11.5 Å². The van der Waals surface area contributed by atoms with Crippen LogP contribution in [0.15, 0.2) is 42.5 Å². The van der Waals surface area contributed by atoms with Gasteiger partial charge in [0.15, 0.2) is 15.6 Å². The number of nitrogens with zero attached hydrogens (tertiary/aromatic N) is 1. The van der Waals surface area contributed by atoms with E-state index in [0.717, 1.165) is 44.1 Å². The zero-order valence-electron chi connectivity index (χ0n) is 21.7. The van der Waals surface area contributed by atoms with Crippen LogP contribution in [0, 0.1) is 5.92 Å². The Morgan fingerprint density at radius 2 is 1.64 bits per heavy atom. The zero-order valence-corrected chi connectivity index (χ0v) is 22.5. The van der Waals surface area contributed by atoms with Gasteiger partial charge in [-0.1, -0.05) is 12.8 Å². The molecular weight excluding hydrogens is 535 g/mol. The molecule has 1 aliphatic carbocycles. The van der Waals surface area contributed by atoms with Crippen LogP contribution in [0.1, 0.15) is 60.0 Å². The van der Waals surface area contributed by atoms with Gasteiger partial charge in [-0.3, -0.25) is 9.59 Å². The molecule has 1 N–H and O–H groups in total. The van der Waals surface area contributed by atoms with Crippen molar-refractivity contribution < 1.29 is 41.0 Å². The number of rotatable bonds is 8. The predicted molar refractivity (Wildman–Crippen MR) is 138 cm³/mol. The fraction of sp³-hybridized carbons (Fsp3) is 0.500. The lowest BCUT2D eigenvalue weighted by molar-refractivity contribution is -0.139. The Labute approximate surface area is 225 Å². The summed E-state index contributed by atoms with van der Waals surface area (Å²) in [5.74, 6) is -1.33. The molecule has 2 aliphatic rings. The fourth-order valence-corrected chi connectivity index (χ4v) is 6.10. The Kier molecular flexibility index (Phi) is 8.41. The minimum atomic E-state index is -4.66. The van der Waals surface area contributed by atoms with E-state index >= 15 is 0 Å². The number of benzene rings is 2. The summed E-state index contributed by atoms with van der Waals surface area (Å²) in [6.45, 7) is 0.719. The van der Waals surface area contributed by atoms with Crippen LogP contribution in [-0.2, 0) is 27.2 Å². The van der Waals surface area contributed by atoms with Crippen molar-refractivity contribution in [2.75, 3.05) is 25.1 Å². The highest BCUT2D eigenvalue weighted by Gasteiger charge is 2.41. The van der Waals surface area contributed by atoms with Crippen LogP contribution in [-0.4, -0.2) is 60.8 Å². The molecule has 39 heavy (non-hydrogen) atoms. The maximum absolute atomic E-state index is 13.6. The lowest BCUT2D eigenvalue weighted by atomic mass is 9.78. The van der Waals surface area contributed by atoms with Crippen molar-refractivity contribution >= 4 is 21.5 Å². The van der Waals surface area contributed by atoms with Crippen molar-refractivity contribution in [3.8, 4) is 11.5 Å². The van der Waals surface area contributed by atoms with E-state index < -0.39 is 38.7 Å². The number of amides is 1. The summed E-state index contributed by atoms with van der Waals surface area (Å²) in [4.78, 5) is 26.6. The lowest BCUT2D eigenvalue weighted by Crippen LogP contribution is -2.50. The van der Waals surface area contributed by atoms with Crippen LogP contribution in [0.4, 0.5) is 13.2 Å². The smallest absolute Gasteiger partial charge is 0.416 e. The van der Waals surface area contributed by atoms with E-state index in [2.05, 4.69) is 0 Å². The number of ketones is 1. The van der Waals surface area contributed by atoms with Gasteiger partial charge in [0.25, 0.3) is 0 Å². The summed E-state index contributed by atoms with van der Waals surface area (Å²) in [6, 6.07) is 8.53. The molecule has 0 radical (unpaired) electrons. The van der Waals surface area contributed by atoms with Crippen molar-refractivity contribution in [2.24, 2.45) is 5.92 Å². The highest BCUT2D eigenvalue weighted by Crippen LogP contribution is 2.40. The third-order valence-corrected chi connectivity index (χ3v) is 8.34.